The zero-order valence-electron chi connectivity index (χ0n) is 12.1. The van der Waals surface area contributed by atoms with Gasteiger partial charge in [0.05, 0.1) is 12.1 Å². The quantitative estimate of drug-likeness (QED) is 0.882. The second-order valence-corrected chi connectivity index (χ2v) is 5.70. The lowest BCUT2D eigenvalue weighted by Crippen LogP contribution is -2.23. The summed E-state index contributed by atoms with van der Waals surface area (Å²) in [5, 5.41) is 8.15. The summed E-state index contributed by atoms with van der Waals surface area (Å²) in [4.78, 5) is 13.6. The highest BCUT2D eigenvalue weighted by Crippen LogP contribution is 2.19. The van der Waals surface area contributed by atoms with Crippen molar-refractivity contribution < 1.29 is 4.79 Å². The second kappa shape index (κ2) is 6.57. The molecule has 0 radical (unpaired) electrons. The predicted molar refractivity (Wildman–Crippen MR) is 85.6 cm³/mol. The van der Waals surface area contributed by atoms with Gasteiger partial charge in [-0.15, -0.1) is 11.3 Å². The van der Waals surface area contributed by atoms with Gasteiger partial charge in [-0.25, -0.2) is 0 Å². The van der Waals surface area contributed by atoms with Crippen molar-refractivity contribution in [2.45, 2.75) is 26.8 Å². The van der Waals surface area contributed by atoms with Crippen molar-refractivity contribution in [2.24, 2.45) is 0 Å². The first kappa shape index (κ1) is 14.6. The summed E-state index contributed by atoms with van der Waals surface area (Å²) < 4.78 is 0. The largest absolute Gasteiger partial charge is 0.387 e. The number of thiophene rings is 1. The number of amides is 1. The highest BCUT2D eigenvalue weighted by molar-refractivity contribution is 7.10. The molecule has 20 heavy (non-hydrogen) atoms. The van der Waals surface area contributed by atoms with Crippen LogP contribution >= 0.6 is 11.3 Å². The van der Waals surface area contributed by atoms with Gasteiger partial charge in [-0.2, -0.15) is 0 Å². The van der Waals surface area contributed by atoms with Crippen LogP contribution in [0.15, 0.2) is 29.6 Å². The molecule has 1 amide bonds. The topological polar surface area (TPSA) is 41.1 Å². The minimum atomic E-state index is -0.0338. The number of aryl methyl sites for hydroxylation is 2. The Morgan fingerprint density at radius 1 is 1.30 bits per heavy atom. The lowest BCUT2D eigenvalue weighted by Gasteiger charge is -2.11. The molecule has 3 nitrogen and oxygen atoms in total. The molecule has 2 aromatic rings. The summed E-state index contributed by atoms with van der Waals surface area (Å²) >= 11 is 1.69. The first-order chi connectivity index (χ1) is 9.65. The van der Waals surface area contributed by atoms with Gasteiger partial charge < -0.3 is 10.6 Å². The molecule has 1 aromatic heterocycles. The highest BCUT2D eigenvalue weighted by Gasteiger charge is 2.11. The van der Waals surface area contributed by atoms with Crippen molar-refractivity contribution >= 4 is 22.9 Å². The Balaban J connectivity index is 2.11. The van der Waals surface area contributed by atoms with Crippen LogP contribution in [0.3, 0.4) is 0 Å². The van der Waals surface area contributed by atoms with E-state index >= 15 is 0 Å². The van der Waals surface area contributed by atoms with E-state index in [-0.39, 0.29) is 5.91 Å². The van der Waals surface area contributed by atoms with Crippen molar-refractivity contribution in [2.75, 3.05) is 12.4 Å². The molecule has 0 saturated heterocycles. The average Bonchev–Trinajstić information content (AvgIpc) is 2.92. The van der Waals surface area contributed by atoms with Crippen LogP contribution in [0.5, 0.6) is 0 Å². The molecular formula is C16H20N2OS. The summed E-state index contributed by atoms with van der Waals surface area (Å²) in [6.45, 7) is 4.72. The van der Waals surface area contributed by atoms with Crippen LogP contribution in [0.25, 0.3) is 0 Å². The maximum Gasteiger partial charge on any atom is 0.253 e. The monoisotopic (exact) mass is 288 g/mol. The summed E-state index contributed by atoms with van der Waals surface area (Å²) in [6, 6.07) is 7.97. The highest BCUT2D eigenvalue weighted by atomic mass is 32.1. The number of benzene rings is 1. The van der Waals surface area contributed by atoms with E-state index in [1.807, 2.05) is 32.2 Å². The van der Waals surface area contributed by atoms with E-state index in [1.165, 1.54) is 10.4 Å². The van der Waals surface area contributed by atoms with Gasteiger partial charge >= 0.3 is 0 Å². The van der Waals surface area contributed by atoms with Crippen molar-refractivity contribution in [3.63, 3.8) is 0 Å². The molecule has 2 rings (SSSR count). The third-order valence-electron chi connectivity index (χ3n) is 3.32. The van der Waals surface area contributed by atoms with Gasteiger partial charge in [0, 0.05) is 17.6 Å². The fourth-order valence-electron chi connectivity index (χ4n) is 2.16. The minimum Gasteiger partial charge on any atom is -0.387 e. The molecule has 1 aromatic carbocycles. The molecule has 4 heteroatoms. The maximum atomic E-state index is 12.3. The van der Waals surface area contributed by atoms with Gasteiger partial charge in [0.1, 0.15) is 0 Å². The zero-order chi connectivity index (χ0) is 14.5. The summed E-state index contributed by atoms with van der Waals surface area (Å²) in [7, 11) is 1.83. The van der Waals surface area contributed by atoms with Gasteiger partial charge in [0.25, 0.3) is 5.91 Å². The molecule has 0 saturated carbocycles. The fourth-order valence-corrected chi connectivity index (χ4v) is 3.07. The normalized spacial score (nSPS) is 10.3. The number of nitrogens with one attached hydrogen (secondary N) is 2. The first-order valence-corrected chi connectivity index (χ1v) is 7.65. The van der Waals surface area contributed by atoms with Crippen LogP contribution in [0, 0.1) is 6.92 Å². The van der Waals surface area contributed by atoms with Gasteiger partial charge in [0.15, 0.2) is 0 Å². The molecule has 0 unspecified atom stereocenters. The number of carbonyl (C=O) groups excluding carboxylic acids is 1. The number of rotatable bonds is 5. The molecule has 0 bridgehead atoms. The Bertz CT molecular complexity index is 604. The Labute approximate surface area is 124 Å². The third-order valence-corrected chi connectivity index (χ3v) is 4.28. The molecule has 0 aliphatic carbocycles. The maximum absolute atomic E-state index is 12.3. The number of carbonyl (C=O) groups is 1. The standard InChI is InChI=1S/C16H20N2OS/c1-4-12-7-8-20-15(12)10-18-16(19)13-9-11(2)5-6-14(13)17-3/h5-9,17H,4,10H2,1-3H3,(H,18,19). The van der Waals surface area contributed by atoms with Crippen LogP contribution in [0.1, 0.15) is 33.3 Å². The fraction of sp³-hybridized carbons (Fsp3) is 0.312. The molecule has 2 N–H and O–H groups in total. The Morgan fingerprint density at radius 2 is 2.10 bits per heavy atom. The summed E-state index contributed by atoms with van der Waals surface area (Å²) in [5.41, 5.74) is 3.95. The number of hydrogen-bond donors (Lipinski definition) is 2. The second-order valence-electron chi connectivity index (χ2n) is 4.70. The SMILES string of the molecule is CCc1ccsc1CNC(=O)c1cc(C)ccc1NC. The van der Waals surface area contributed by atoms with E-state index in [4.69, 9.17) is 0 Å². The minimum absolute atomic E-state index is 0.0338. The van der Waals surface area contributed by atoms with Crippen LogP contribution in [0.4, 0.5) is 5.69 Å². The lowest BCUT2D eigenvalue weighted by atomic mass is 10.1. The van der Waals surface area contributed by atoms with E-state index in [9.17, 15) is 4.79 Å². The molecule has 0 aliphatic heterocycles. The van der Waals surface area contributed by atoms with Gasteiger partial charge in [-0.05, 0) is 42.5 Å². The summed E-state index contributed by atoms with van der Waals surface area (Å²) in [6.07, 6.45) is 1.00. The average molecular weight is 288 g/mol. The van der Waals surface area contributed by atoms with Crippen LogP contribution in [0.2, 0.25) is 0 Å². The predicted octanol–water partition coefficient (Wildman–Crippen LogP) is 3.59. The zero-order valence-corrected chi connectivity index (χ0v) is 12.9. The number of anilines is 1. The van der Waals surface area contributed by atoms with E-state index in [0.717, 1.165) is 17.7 Å². The molecule has 1 heterocycles. The van der Waals surface area contributed by atoms with Crippen molar-refractivity contribution in [3.8, 4) is 0 Å². The van der Waals surface area contributed by atoms with Gasteiger partial charge in [-0.1, -0.05) is 18.6 Å². The van der Waals surface area contributed by atoms with Crippen molar-refractivity contribution in [1.29, 1.82) is 0 Å². The first-order valence-electron chi connectivity index (χ1n) is 6.77. The van der Waals surface area contributed by atoms with Crippen LogP contribution in [-0.2, 0) is 13.0 Å². The van der Waals surface area contributed by atoms with E-state index in [2.05, 4.69) is 29.0 Å². The van der Waals surface area contributed by atoms with E-state index in [0.29, 0.717) is 12.1 Å². The van der Waals surface area contributed by atoms with Crippen molar-refractivity contribution in [3.05, 3.63) is 51.2 Å². The summed E-state index contributed by atoms with van der Waals surface area (Å²) in [5.74, 6) is -0.0338. The Morgan fingerprint density at radius 3 is 2.80 bits per heavy atom. The van der Waals surface area contributed by atoms with E-state index < -0.39 is 0 Å². The smallest absolute Gasteiger partial charge is 0.253 e. The van der Waals surface area contributed by atoms with Gasteiger partial charge in [0.2, 0.25) is 0 Å². The molecule has 0 atom stereocenters. The molecule has 0 spiro atoms. The molecule has 0 fully saturated rings. The molecule has 106 valence electrons. The lowest BCUT2D eigenvalue weighted by molar-refractivity contribution is 0.0952. The van der Waals surface area contributed by atoms with Crippen LogP contribution in [-0.4, -0.2) is 13.0 Å². The molecule has 0 aliphatic rings. The van der Waals surface area contributed by atoms with Gasteiger partial charge in [-0.3, -0.25) is 4.79 Å². The Hall–Kier alpha value is -1.81. The molecular weight excluding hydrogens is 268 g/mol. The van der Waals surface area contributed by atoms with Crippen molar-refractivity contribution in [1.82, 2.24) is 5.32 Å². The van der Waals surface area contributed by atoms with E-state index in [1.54, 1.807) is 11.3 Å². The number of hydrogen-bond acceptors (Lipinski definition) is 3. The third kappa shape index (κ3) is 3.20. The van der Waals surface area contributed by atoms with Crippen LogP contribution < -0.4 is 10.6 Å². The Kier molecular flexibility index (Phi) is 4.79.